The number of hydrogen-bond acceptors (Lipinski definition) is 4. The molecular weight excluding hydrogens is 378 g/mol. The topological polar surface area (TPSA) is 42.5 Å². The number of anilines is 1. The third-order valence-corrected chi connectivity index (χ3v) is 4.69. The molecule has 2 aromatic carbocycles. The van der Waals surface area contributed by atoms with Gasteiger partial charge in [-0.1, -0.05) is 17.8 Å². The molecule has 0 fully saturated rings. The van der Waals surface area contributed by atoms with Crippen LogP contribution in [-0.2, 0) is 0 Å². The number of rotatable bonds is 5. The molecule has 1 aliphatic rings. The van der Waals surface area contributed by atoms with Crippen LogP contribution in [0.15, 0.2) is 47.4 Å². The zero-order chi connectivity index (χ0) is 18.5. The molecule has 0 saturated heterocycles. The maximum Gasteiger partial charge on any atom is 0.288 e. The van der Waals surface area contributed by atoms with Crippen LogP contribution in [0.4, 0.5) is 14.5 Å². The van der Waals surface area contributed by atoms with Crippen LogP contribution in [0.25, 0.3) is 0 Å². The van der Waals surface area contributed by atoms with E-state index in [4.69, 9.17) is 21.7 Å². The van der Waals surface area contributed by atoms with Gasteiger partial charge in [-0.15, -0.1) is 0 Å². The Hall–Kier alpha value is -2.06. The molecule has 0 saturated carbocycles. The molecule has 26 heavy (non-hydrogen) atoms. The van der Waals surface area contributed by atoms with Gasteiger partial charge in [0.05, 0.1) is 6.04 Å². The summed E-state index contributed by atoms with van der Waals surface area (Å²) in [6, 6.07) is 12.4. The van der Waals surface area contributed by atoms with Gasteiger partial charge in [-0.25, -0.2) is 0 Å². The van der Waals surface area contributed by atoms with Crippen molar-refractivity contribution in [2.24, 2.45) is 0 Å². The van der Waals surface area contributed by atoms with Gasteiger partial charge >= 0.3 is 0 Å². The number of halogens is 2. The van der Waals surface area contributed by atoms with Crippen molar-refractivity contribution >= 4 is 34.8 Å². The molecule has 1 heterocycles. The van der Waals surface area contributed by atoms with Gasteiger partial charge in [0.25, 0.3) is 5.76 Å². The number of hydrogen-bond donors (Lipinski definition) is 2. The summed E-state index contributed by atoms with van der Waals surface area (Å²) in [7, 11) is 0. The molecule has 2 N–H and O–H groups in total. The van der Waals surface area contributed by atoms with Crippen LogP contribution in [0.2, 0.25) is 0 Å². The average molecular weight is 396 g/mol. The largest absolute Gasteiger partial charge is 0.486 e. The Morgan fingerprint density at radius 1 is 1.08 bits per heavy atom. The summed E-state index contributed by atoms with van der Waals surface area (Å²) in [6.45, 7) is 3.09. The van der Waals surface area contributed by atoms with Gasteiger partial charge in [0, 0.05) is 10.6 Å². The van der Waals surface area contributed by atoms with Gasteiger partial charge in [0.1, 0.15) is 13.2 Å². The second kappa shape index (κ2) is 8.55. The van der Waals surface area contributed by atoms with E-state index in [0.717, 1.165) is 22.7 Å². The predicted octanol–water partition coefficient (Wildman–Crippen LogP) is 4.82. The fourth-order valence-electron chi connectivity index (χ4n) is 2.50. The van der Waals surface area contributed by atoms with Crippen LogP contribution in [0, 0.1) is 0 Å². The highest BCUT2D eigenvalue weighted by molar-refractivity contribution is 7.99. The maximum atomic E-state index is 12.3. The first kappa shape index (κ1) is 18.7. The molecule has 3 rings (SSSR count). The first-order valence-electron chi connectivity index (χ1n) is 8.03. The minimum Gasteiger partial charge on any atom is -0.486 e. The Labute approximate surface area is 160 Å². The second-order valence-corrected chi connectivity index (χ2v) is 7.10. The van der Waals surface area contributed by atoms with Crippen LogP contribution in [0.1, 0.15) is 18.5 Å². The van der Waals surface area contributed by atoms with Crippen molar-refractivity contribution in [2.75, 3.05) is 18.5 Å². The normalized spacial score (nSPS) is 14.0. The first-order valence-corrected chi connectivity index (χ1v) is 9.32. The molecule has 4 nitrogen and oxygen atoms in total. The summed E-state index contributed by atoms with van der Waals surface area (Å²) in [6.07, 6.45) is 0. The quantitative estimate of drug-likeness (QED) is 0.558. The van der Waals surface area contributed by atoms with E-state index in [1.165, 1.54) is 0 Å². The van der Waals surface area contributed by atoms with Gasteiger partial charge in [-0.3, -0.25) is 0 Å². The van der Waals surface area contributed by atoms with Crippen LogP contribution < -0.4 is 20.1 Å². The lowest BCUT2D eigenvalue weighted by atomic mass is 10.1. The zero-order valence-corrected chi connectivity index (χ0v) is 15.6. The highest BCUT2D eigenvalue weighted by atomic mass is 32.2. The molecule has 0 unspecified atom stereocenters. The van der Waals surface area contributed by atoms with Gasteiger partial charge in [0.15, 0.2) is 16.6 Å². The van der Waals surface area contributed by atoms with Crippen LogP contribution in [0.5, 0.6) is 11.5 Å². The van der Waals surface area contributed by atoms with Gasteiger partial charge in [0.2, 0.25) is 0 Å². The highest BCUT2D eigenvalue weighted by Gasteiger charge is 2.15. The lowest BCUT2D eigenvalue weighted by molar-refractivity contribution is 0.171. The molecule has 1 aliphatic heterocycles. The minimum absolute atomic E-state index is 0.0421. The van der Waals surface area contributed by atoms with E-state index in [0.29, 0.717) is 35.0 Å². The fraction of sp³-hybridized carbons (Fsp3) is 0.278. The molecule has 0 aromatic heterocycles. The molecular formula is C18H18F2N2O2S2. The number of alkyl halides is 2. The van der Waals surface area contributed by atoms with E-state index in [2.05, 4.69) is 10.6 Å². The minimum atomic E-state index is -2.43. The van der Waals surface area contributed by atoms with E-state index in [9.17, 15) is 8.78 Å². The Morgan fingerprint density at radius 2 is 1.77 bits per heavy atom. The number of nitrogens with one attached hydrogen (secondary N) is 2. The van der Waals surface area contributed by atoms with E-state index >= 15 is 0 Å². The Bertz CT molecular complexity index is 772. The molecule has 0 radical (unpaired) electrons. The van der Waals surface area contributed by atoms with Crippen LogP contribution in [0.3, 0.4) is 0 Å². The van der Waals surface area contributed by atoms with Crippen molar-refractivity contribution in [1.82, 2.24) is 5.32 Å². The summed E-state index contributed by atoms with van der Waals surface area (Å²) in [4.78, 5) is 0.508. The van der Waals surface area contributed by atoms with Gasteiger partial charge in [-0.2, -0.15) is 8.78 Å². The number of benzene rings is 2. The molecule has 8 heteroatoms. The molecule has 1 atom stereocenters. The SMILES string of the molecule is C[C@H](NC(=S)Nc1ccc(SC(F)F)cc1)c1ccc2c(c1)OCCO2. The summed E-state index contributed by atoms with van der Waals surface area (Å²) in [5, 5.41) is 6.70. The lowest BCUT2D eigenvalue weighted by Gasteiger charge is -2.22. The third kappa shape index (κ3) is 4.98. The second-order valence-electron chi connectivity index (χ2n) is 5.63. The monoisotopic (exact) mass is 396 g/mol. The Morgan fingerprint density at radius 3 is 2.46 bits per heavy atom. The van der Waals surface area contributed by atoms with E-state index in [1.807, 2.05) is 25.1 Å². The van der Waals surface area contributed by atoms with Crippen molar-refractivity contribution in [3.63, 3.8) is 0 Å². The molecule has 0 spiro atoms. The molecule has 0 bridgehead atoms. The fourth-order valence-corrected chi connectivity index (χ4v) is 3.29. The molecule has 0 amide bonds. The van der Waals surface area contributed by atoms with E-state index in [-0.39, 0.29) is 6.04 Å². The highest BCUT2D eigenvalue weighted by Crippen LogP contribution is 2.32. The summed E-state index contributed by atoms with van der Waals surface area (Å²) < 4.78 is 35.8. The molecule has 138 valence electrons. The van der Waals surface area contributed by atoms with Crippen molar-refractivity contribution in [1.29, 1.82) is 0 Å². The summed E-state index contributed by atoms with van der Waals surface area (Å²) in [5.41, 5.74) is 1.75. The predicted molar refractivity (Wildman–Crippen MR) is 104 cm³/mol. The standard InChI is InChI=1S/C18H18F2N2O2S2/c1-11(12-2-7-15-16(10-12)24-9-8-23-15)21-18(25)22-13-3-5-14(6-4-13)26-17(19)20/h2-7,10-11,17H,8-9H2,1H3,(H2,21,22,25)/t11-/m0/s1. The van der Waals surface area contributed by atoms with Crippen molar-refractivity contribution in [3.05, 3.63) is 48.0 Å². The number of fused-ring (bicyclic) bond motifs is 1. The molecule has 0 aliphatic carbocycles. The zero-order valence-electron chi connectivity index (χ0n) is 14.0. The maximum absolute atomic E-state index is 12.3. The van der Waals surface area contributed by atoms with Crippen molar-refractivity contribution in [2.45, 2.75) is 23.6 Å². The lowest BCUT2D eigenvalue weighted by Crippen LogP contribution is -2.31. The smallest absolute Gasteiger partial charge is 0.288 e. The summed E-state index contributed by atoms with van der Waals surface area (Å²) >= 11 is 5.85. The Balaban J connectivity index is 1.57. The van der Waals surface area contributed by atoms with Crippen LogP contribution >= 0.6 is 24.0 Å². The number of thioether (sulfide) groups is 1. The van der Waals surface area contributed by atoms with Gasteiger partial charge < -0.3 is 20.1 Å². The van der Waals surface area contributed by atoms with Gasteiger partial charge in [-0.05, 0) is 61.1 Å². The van der Waals surface area contributed by atoms with Crippen molar-refractivity contribution < 1.29 is 18.3 Å². The average Bonchev–Trinajstić information content (AvgIpc) is 2.62. The third-order valence-electron chi connectivity index (χ3n) is 3.75. The number of ether oxygens (including phenoxy) is 2. The first-order chi connectivity index (χ1) is 12.5. The molecule has 2 aromatic rings. The summed E-state index contributed by atoms with van der Waals surface area (Å²) in [5.74, 6) is -0.952. The van der Waals surface area contributed by atoms with Crippen molar-refractivity contribution in [3.8, 4) is 11.5 Å². The van der Waals surface area contributed by atoms with Crippen LogP contribution in [-0.4, -0.2) is 24.1 Å². The number of thiocarbonyl (C=S) groups is 1. The van der Waals surface area contributed by atoms with E-state index in [1.54, 1.807) is 24.3 Å². The Kier molecular flexibility index (Phi) is 6.16. The van der Waals surface area contributed by atoms with E-state index < -0.39 is 5.76 Å².